The van der Waals surface area contributed by atoms with Crippen molar-refractivity contribution in [3.63, 3.8) is 0 Å². The predicted molar refractivity (Wildman–Crippen MR) is 40.1 cm³/mol. The maximum atomic E-state index is 11.1. The highest BCUT2D eigenvalue weighted by Crippen LogP contribution is 2.54. The van der Waals surface area contributed by atoms with Gasteiger partial charge in [0.1, 0.15) is 0 Å². The molecule has 0 heterocycles. The summed E-state index contributed by atoms with van der Waals surface area (Å²) in [5.74, 6) is -0.237. The summed E-state index contributed by atoms with van der Waals surface area (Å²) in [6, 6.07) is 0. The Kier molecular flexibility index (Phi) is 1.92. The molecule has 0 N–H and O–H groups in total. The minimum atomic E-state index is -0.165. The number of esters is 1. The van der Waals surface area contributed by atoms with Gasteiger partial charge < -0.3 is 9.47 Å². The van der Waals surface area contributed by atoms with Crippen molar-refractivity contribution in [2.24, 2.45) is 11.3 Å². The van der Waals surface area contributed by atoms with Crippen LogP contribution in [0.2, 0.25) is 0 Å². The third-order valence-corrected chi connectivity index (χ3v) is 2.44. The van der Waals surface area contributed by atoms with E-state index in [1.807, 2.05) is 13.8 Å². The van der Waals surface area contributed by atoms with Crippen molar-refractivity contribution in [2.45, 2.75) is 20.0 Å². The van der Waals surface area contributed by atoms with Crippen LogP contribution in [0.4, 0.5) is 0 Å². The van der Waals surface area contributed by atoms with Crippen molar-refractivity contribution in [3.05, 3.63) is 0 Å². The molecule has 3 nitrogen and oxygen atoms in total. The second-order valence-corrected chi connectivity index (χ2v) is 3.48. The van der Waals surface area contributed by atoms with Gasteiger partial charge >= 0.3 is 5.97 Å². The normalized spacial score (nSPS) is 33.1. The zero-order valence-corrected chi connectivity index (χ0v) is 7.38. The molecule has 1 aliphatic carbocycles. The van der Waals surface area contributed by atoms with Crippen molar-refractivity contribution < 1.29 is 14.3 Å². The molecular formula is C8H14O3. The number of carbonyl (C=O) groups is 1. The number of methoxy groups -OCH3 is 2. The van der Waals surface area contributed by atoms with Crippen molar-refractivity contribution >= 4 is 5.97 Å². The molecule has 0 aromatic rings. The molecule has 0 aromatic heterocycles. The average Bonchev–Trinajstić information content (AvgIpc) is 2.51. The standard InChI is InChI=1S/C8H14O3/c1-8(2)5(6(8)10-3)7(9)11-4/h5-6H,1-4H3. The predicted octanol–water partition coefficient (Wildman–Crippen LogP) is 0.830. The van der Waals surface area contributed by atoms with Crippen LogP contribution < -0.4 is 0 Å². The number of hydrogen-bond acceptors (Lipinski definition) is 3. The largest absolute Gasteiger partial charge is 0.469 e. The molecule has 3 heteroatoms. The number of hydrogen-bond donors (Lipinski definition) is 0. The monoisotopic (exact) mass is 158 g/mol. The second kappa shape index (κ2) is 2.48. The van der Waals surface area contributed by atoms with E-state index in [1.54, 1.807) is 7.11 Å². The molecule has 0 radical (unpaired) electrons. The summed E-state index contributed by atoms with van der Waals surface area (Å²) in [5, 5.41) is 0. The van der Waals surface area contributed by atoms with E-state index < -0.39 is 0 Å². The minimum Gasteiger partial charge on any atom is -0.469 e. The molecule has 1 saturated carbocycles. The average molecular weight is 158 g/mol. The molecule has 0 amide bonds. The summed E-state index contributed by atoms with van der Waals surface area (Å²) in [4.78, 5) is 11.1. The molecule has 2 atom stereocenters. The summed E-state index contributed by atoms with van der Waals surface area (Å²) in [5.41, 5.74) is -0.0398. The lowest BCUT2D eigenvalue weighted by atomic mass is 10.1. The Morgan fingerprint density at radius 3 is 2.18 bits per heavy atom. The van der Waals surface area contributed by atoms with Crippen LogP contribution in [0.25, 0.3) is 0 Å². The van der Waals surface area contributed by atoms with Crippen LogP contribution in [-0.2, 0) is 14.3 Å². The van der Waals surface area contributed by atoms with Gasteiger partial charge in [-0.25, -0.2) is 0 Å². The number of carbonyl (C=O) groups excluding carboxylic acids is 1. The van der Waals surface area contributed by atoms with Crippen molar-refractivity contribution in [1.29, 1.82) is 0 Å². The first-order valence-corrected chi connectivity index (χ1v) is 3.66. The van der Waals surface area contributed by atoms with Crippen molar-refractivity contribution in [1.82, 2.24) is 0 Å². The van der Waals surface area contributed by atoms with E-state index in [0.717, 1.165) is 0 Å². The highest BCUT2D eigenvalue weighted by atomic mass is 16.5. The van der Waals surface area contributed by atoms with Gasteiger partial charge in [0.25, 0.3) is 0 Å². The smallest absolute Gasteiger partial charge is 0.311 e. The molecule has 11 heavy (non-hydrogen) atoms. The summed E-state index contributed by atoms with van der Waals surface area (Å²) < 4.78 is 9.73. The van der Waals surface area contributed by atoms with Crippen LogP contribution in [0.1, 0.15) is 13.8 Å². The Hall–Kier alpha value is -0.570. The summed E-state index contributed by atoms with van der Waals surface area (Å²) in [6.07, 6.45) is 0.0370. The minimum absolute atomic E-state index is 0.0370. The third-order valence-electron chi connectivity index (χ3n) is 2.44. The second-order valence-electron chi connectivity index (χ2n) is 3.48. The van der Waals surface area contributed by atoms with Gasteiger partial charge in [-0.1, -0.05) is 13.8 Å². The van der Waals surface area contributed by atoms with Gasteiger partial charge in [0.2, 0.25) is 0 Å². The van der Waals surface area contributed by atoms with E-state index in [1.165, 1.54) is 7.11 Å². The van der Waals surface area contributed by atoms with Gasteiger partial charge in [0.05, 0.1) is 19.1 Å². The van der Waals surface area contributed by atoms with E-state index in [-0.39, 0.29) is 23.4 Å². The molecular weight excluding hydrogens is 144 g/mol. The fourth-order valence-electron chi connectivity index (χ4n) is 1.58. The highest BCUT2D eigenvalue weighted by molar-refractivity contribution is 5.78. The van der Waals surface area contributed by atoms with Gasteiger partial charge in [0.15, 0.2) is 0 Å². The van der Waals surface area contributed by atoms with Gasteiger partial charge in [-0.05, 0) is 0 Å². The Bertz CT molecular complexity index is 174. The lowest BCUT2D eigenvalue weighted by molar-refractivity contribution is -0.143. The van der Waals surface area contributed by atoms with Gasteiger partial charge in [-0.3, -0.25) is 4.79 Å². The lowest BCUT2D eigenvalue weighted by Gasteiger charge is -1.98. The van der Waals surface area contributed by atoms with E-state index in [4.69, 9.17) is 4.74 Å². The van der Waals surface area contributed by atoms with E-state index >= 15 is 0 Å². The lowest BCUT2D eigenvalue weighted by Crippen LogP contribution is -2.08. The first-order valence-electron chi connectivity index (χ1n) is 3.66. The molecule has 1 fully saturated rings. The van der Waals surface area contributed by atoms with Crippen LogP contribution in [-0.4, -0.2) is 26.3 Å². The van der Waals surface area contributed by atoms with Crippen LogP contribution in [0.3, 0.4) is 0 Å². The first-order chi connectivity index (χ1) is 5.05. The van der Waals surface area contributed by atoms with Gasteiger partial charge in [0, 0.05) is 12.5 Å². The van der Waals surface area contributed by atoms with Crippen LogP contribution in [0, 0.1) is 11.3 Å². The van der Waals surface area contributed by atoms with Crippen molar-refractivity contribution in [3.8, 4) is 0 Å². The van der Waals surface area contributed by atoms with E-state index in [9.17, 15) is 4.79 Å². The Balaban J connectivity index is 2.58. The molecule has 0 saturated heterocycles. The maximum Gasteiger partial charge on any atom is 0.311 e. The van der Waals surface area contributed by atoms with Gasteiger partial charge in [-0.15, -0.1) is 0 Å². The highest BCUT2D eigenvalue weighted by Gasteiger charge is 2.63. The Morgan fingerprint density at radius 2 is 1.91 bits per heavy atom. The SMILES string of the molecule is COC(=O)C1C(OC)C1(C)C. The Labute approximate surface area is 66.7 Å². The zero-order chi connectivity index (χ0) is 8.65. The Morgan fingerprint density at radius 1 is 1.36 bits per heavy atom. The topological polar surface area (TPSA) is 35.5 Å². The van der Waals surface area contributed by atoms with Crippen molar-refractivity contribution in [2.75, 3.05) is 14.2 Å². The maximum absolute atomic E-state index is 11.1. The van der Waals surface area contributed by atoms with Crippen LogP contribution in [0.5, 0.6) is 0 Å². The van der Waals surface area contributed by atoms with Crippen LogP contribution in [0.15, 0.2) is 0 Å². The van der Waals surface area contributed by atoms with Gasteiger partial charge in [-0.2, -0.15) is 0 Å². The first kappa shape index (κ1) is 8.53. The van der Waals surface area contributed by atoms with Crippen LogP contribution >= 0.6 is 0 Å². The molecule has 64 valence electrons. The zero-order valence-electron chi connectivity index (χ0n) is 7.38. The summed E-state index contributed by atoms with van der Waals surface area (Å²) in [6.45, 7) is 4.01. The molecule has 1 rings (SSSR count). The molecule has 0 spiro atoms. The number of ether oxygens (including phenoxy) is 2. The molecule has 0 aromatic carbocycles. The quantitative estimate of drug-likeness (QED) is 0.558. The summed E-state index contributed by atoms with van der Waals surface area (Å²) >= 11 is 0. The molecule has 2 unspecified atom stereocenters. The fourth-order valence-corrected chi connectivity index (χ4v) is 1.58. The molecule has 1 aliphatic rings. The summed E-state index contributed by atoms with van der Waals surface area (Å²) in [7, 11) is 3.03. The molecule has 0 bridgehead atoms. The third kappa shape index (κ3) is 1.13. The van der Waals surface area contributed by atoms with E-state index in [2.05, 4.69) is 4.74 Å². The van der Waals surface area contributed by atoms with E-state index in [0.29, 0.717) is 0 Å². The fraction of sp³-hybridized carbons (Fsp3) is 0.875. The molecule has 0 aliphatic heterocycles. The number of rotatable bonds is 2.